The van der Waals surface area contributed by atoms with E-state index in [0.717, 1.165) is 57.7 Å². The second kappa shape index (κ2) is 9.42. The van der Waals surface area contributed by atoms with Gasteiger partial charge in [-0.05, 0) is 51.5 Å². The summed E-state index contributed by atoms with van der Waals surface area (Å²) in [5.41, 5.74) is 5.90. The maximum atomic E-state index is 10.1. The molecule has 7 heteroatoms. The summed E-state index contributed by atoms with van der Waals surface area (Å²) < 4.78 is 0. The Morgan fingerprint density at radius 1 is 1.10 bits per heavy atom. The number of piperidine rings is 1. The highest BCUT2D eigenvalue weighted by Gasteiger charge is 2.64. The van der Waals surface area contributed by atoms with Gasteiger partial charge >= 0.3 is 0 Å². The summed E-state index contributed by atoms with van der Waals surface area (Å²) >= 11 is 0. The van der Waals surface area contributed by atoms with Crippen LogP contribution < -0.4 is 5.73 Å². The highest BCUT2D eigenvalue weighted by Crippen LogP contribution is 2.61. The molecule has 1 unspecified atom stereocenters. The smallest absolute Gasteiger partial charge is 0.190 e. The molecule has 0 saturated carbocycles. The van der Waals surface area contributed by atoms with Crippen LogP contribution in [0.1, 0.15) is 33.6 Å². The molecule has 3 rings (SSSR count). The molecule has 3 aliphatic rings. The number of fused-ring (bicyclic) bond motifs is 2. The number of likely N-dealkylation sites (tertiary alicyclic amines) is 1. The van der Waals surface area contributed by atoms with Crippen LogP contribution in [0.5, 0.6) is 0 Å². The number of rotatable bonds is 2. The Labute approximate surface area is 174 Å². The number of nitrogens with zero attached hydrogens (tertiary/aromatic N) is 5. The summed E-state index contributed by atoms with van der Waals surface area (Å²) in [6.45, 7) is 11.3. The molecule has 1 saturated heterocycles. The molecule has 1 spiro atoms. The van der Waals surface area contributed by atoms with Crippen molar-refractivity contribution in [2.24, 2.45) is 22.5 Å². The number of hydrogen-bond acceptors (Lipinski definition) is 7. The fraction of sp³-hybridized carbons (Fsp3) is 0.682. The molecule has 2 heterocycles. The highest BCUT2D eigenvalue weighted by molar-refractivity contribution is 5.58. The van der Waals surface area contributed by atoms with E-state index in [1.54, 1.807) is 6.92 Å². The van der Waals surface area contributed by atoms with Crippen LogP contribution in [0, 0.1) is 50.7 Å². The van der Waals surface area contributed by atoms with Gasteiger partial charge in [0.05, 0.1) is 23.4 Å². The van der Waals surface area contributed by atoms with E-state index < -0.39 is 10.8 Å². The lowest BCUT2D eigenvalue weighted by atomic mass is 9.47. The highest BCUT2D eigenvalue weighted by atomic mass is 16.2. The molecular weight excluding hydrogens is 364 g/mol. The van der Waals surface area contributed by atoms with Crippen LogP contribution in [-0.4, -0.2) is 60.8 Å². The minimum atomic E-state index is -1.43. The van der Waals surface area contributed by atoms with Gasteiger partial charge in [-0.25, -0.2) is 0 Å². The zero-order valence-corrected chi connectivity index (χ0v) is 17.8. The molecule has 1 atom stereocenters. The van der Waals surface area contributed by atoms with Crippen molar-refractivity contribution in [2.75, 3.05) is 45.9 Å². The number of allylic oxidation sites excluding steroid dienone is 2. The molecule has 1 fully saturated rings. The predicted octanol–water partition coefficient (Wildman–Crippen LogP) is 1.75. The summed E-state index contributed by atoms with van der Waals surface area (Å²) in [6, 6.07) is 6.77. The number of nitrogens with two attached hydrogens (primary N) is 1. The monoisotopic (exact) mass is 396 g/mol. The van der Waals surface area contributed by atoms with Crippen LogP contribution in [-0.2, 0) is 0 Å². The Morgan fingerprint density at radius 3 is 2.10 bits per heavy atom. The Balaban J connectivity index is 0.000000941. The molecular formula is C22H32N6O. The first-order valence-electron chi connectivity index (χ1n) is 10.4. The van der Waals surface area contributed by atoms with Gasteiger partial charge in [0.2, 0.25) is 0 Å². The lowest BCUT2D eigenvalue weighted by Gasteiger charge is -2.57. The number of likely N-dealkylation sites (N-methyl/N-ethyl adjacent to an activating group) is 1. The van der Waals surface area contributed by atoms with Crippen molar-refractivity contribution in [3.63, 3.8) is 0 Å². The molecule has 7 nitrogen and oxygen atoms in total. The molecule has 3 N–H and O–H groups in total. The molecule has 0 bridgehead atoms. The topological polar surface area (TPSA) is 124 Å². The van der Waals surface area contributed by atoms with Gasteiger partial charge < -0.3 is 15.7 Å². The Hall–Kier alpha value is -2.37. The Kier molecular flexibility index (Phi) is 7.44. The van der Waals surface area contributed by atoms with Crippen LogP contribution >= 0.6 is 0 Å². The van der Waals surface area contributed by atoms with E-state index in [0.29, 0.717) is 5.57 Å². The minimum absolute atomic E-state index is 0.00328. The van der Waals surface area contributed by atoms with E-state index in [-0.39, 0.29) is 18.2 Å². The van der Waals surface area contributed by atoms with Crippen molar-refractivity contribution in [1.82, 2.24) is 9.80 Å². The standard InChI is InChI=1S/C20H26N6.C2H6O/c1-3-25-9-6-19(7-10-25)17-12-26(4-2)8-5-15(17)16(11-21)18(24)20(19,13-22)14-23;1-2-3/h5,17H,3-4,6-10,12,24H2,1-2H3;3H,2H2,1H3. The van der Waals surface area contributed by atoms with Gasteiger partial charge in [0.15, 0.2) is 5.41 Å². The molecule has 2 aliphatic heterocycles. The maximum Gasteiger partial charge on any atom is 0.190 e. The van der Waals surface area contributed by atoms with Crippen LogP contribution in [0.2, 0.25) is 0 Å². The fourth-order valence-electron chi connectivity index (χ4n) is 5.16. The van der Waals surface area contributed by atoms with Crippen molar-refractivity contribution >= 4 is 0 Å². The molecule has 0 aromatic heterocycles. The number of aliphatic hydroxyl groups excluding tert-OH is 1. The second-order valence-electron chi connectivity index (χ2n) is 7.84. The van der Waals surface area contributed by atoms with Gasteiger partial charge in [-0.2, -0.15) is 15.8 Å². The first-order valence-corrected chi connectivity index (χ1v) is 10.4. The Morgan fingerprint density at radius 2 is 1.66 bits per heavy atom. The normalized spacial score (nSPS) is 25.6. The van der Waals surface area contributed by atoms with Crippen molar-refractivity contribution in [3.8, 4) is 18.2 Å². The molecule has 1 aliphatic carbocycles. The third-order valence-corrected chi connectivity index (χ3v) is 6.85. The minimum Gasteiger partial charge on any atom is -0.399 e. The van der Waals surface area contributed by atoms with Crippen molar-refractivity contribution in [3.05, 3.63) is 22.9 Å². The van der Waals surface area contributed by atoms with E-state index in [1.165, 1.54) is 0 Å². The van der Waals surface area contributed by atoms with Crippen LogP contribution in [0.3, 0.4) is 0 Å². The van der Waals surface area contributed by atoms with E-state index in [1.807, 2.05) is 0 Å². The van der Waals surface area contributed by atoms with Crippen LogP contribution in [0.25, 0.3) is 0 Å². The van der Waals surface area contributed by atoms with Gasteiger partial charge in [0, 0.05) is 31.0 Å². The van der Waals surface area contributed by atoms with Gasteiger partial charge in [-0.1, -0.05) is 19.9 Å². The zero-order valence-electron chi connectivity index (χ0n) is 17.8. The molecule has 0 aromatic carbocycles. The van der Waals surface area contributed by atoms with Crippen molar-refractivity contribution in [1.29, 1.82) is 15.8 Å². The summed E-state index contributed by atoms with van der Waals surface area (Å²) in [5, 5.41) is 37.6. The van der Waals surface area contributed by atoms with Crippen LogP contribution in [0.4, 0.5) is 0 Å². The SMILES string of the molecule is CCN1CCC2(CC1)C1CN(CC)CC=C1C(C#N)=C(N)C2(C#N)C#N.CCO. The number of nitriles is 3. The van der Waals surface area contributed by atoms with E-state index in [2.05, 4.69) is 47.9 Å². The average molecular weight is 397 g/mol. The number of aliphatic hydroxyl groups is 1. The fourth-order valence-corrected chi connectivity index (χ4v) is 5.16. The maximum absolute atomic E-state index is 10.1. The van der Waals surface area contributed by atoms with E-state index >= 15 is 0 Å². The largest absolute Gasteiger partial charge is 0.399 e. The lowest BCUT2D eigenvalue weighted by molar-refractivity contribution is -0.00878. The average Bonchev–Trinajstić information content (AvgIpc) is 2.76. The van der Waals surface area contributed by atoms with Gasteiger partial charge in [-0.3, -0.25) is 4.90 Å². The first-order chi connectivity index (χ1) is 13.9. The quantitative estimate of drug-likeness (QED) is 0.728. The van der Waals surface area contributed by atoms with E-state index in [4.69, 9.17) is 10.8 Å². The van der Waals surface area contributed by atoms with Crippen molar-refractivity contribution < 1.29 is 5.11 Å². The second-order valence-corrected chi connectivity index (χ2v) is 7.84. The molecule has 0 aromatic rings. The van der Waals surface area contributed by atoms with Crippen molar-refractivity contribution in [2.45, 2.75) is 33.6 Å². The predicted molar refractivity (Wildman–Crippen MR) is 111 cm³/mol. The summed E-state index contributed by atoms with van der Waals surface area (Å²) in [5.74, 6) is -0.00328. The van der Waals surface area contributed by atoms with Crippen LogP contribution in [0.15, 0.2) is 22.9 Å². The third kappa shape index (κ3) is 3.53. The van der Waals surface area contributed by atoms with Gasteiger partial charge in [0.1, 0.15) is 6.07 Å². The lowest BCUT2D eigenvalue weighted by Crippen LogP contribution is -2.60. The summed E-state index contributed by atoms with van der Waals surface area (Å²) in [4.78, 5) is 4.67. The zero-order chi connectivity index (χ0) is 21.7. The van der Waals surface area contributed by atoms with Gasteiger partial charge in [0.25, 0.3) is 0 Å². The van der Waals surface area contributed by atoms with E-state index in [9.17, 15) is 15.8 Å². The first kappa shape index (κ1) is 22.9. The third-order valence-electron chi connectivity index (χ3n) is 6.85. The molecule has 0 amide bonds. The molecule has 29 heavy (non-hydrogen) atoms. The van der Waals surface area contributed by atoms with Gasteiger partial charge in [-0.15, -0.1) is 0 Å². The molecule has 156 valence electrons. The Bertz CT molecular complexity index is 772. The summed E-state index contributed by atoms with van der Waals surface area (Å²) in [7, 11) is 0. The summed E-state index contributed by atoms with van der Waals surface area (Å²) in [6.07, 6.45) is 3.59. The molecule has 0 radical (unpaired) electrons. The number of hydrogen-bond donors (Lipinski definition) is 2.